The van der Waals surface area contributed by atoms with Crippen LogP contribution in [0.15, 0.2) is 34.7 Å². The third-order valence-corrected chi connectivity index (χ3v) is 9.93. The Morgan fingerprint density at radius 3 is 2.52 bits per heavy atom. The minimum absolute atomic E-state index is 0. The van der Waals surface area contributed by atoms with Crippen molar-refractivity contribution in [2.45, 2.75) is 62.0 Å². The highest BCUT2D eigenvalue weighted by atomic mass is 35.5. The average molecular weight is 620 g/mol. The fourth-order valence-corrected chi connectivity index (χ4v) is 7.68. The fraction of sp³-hybridized carbons (Fsp3) is 0.577. The van der Waals surface area contributed by atoms with E-state index in [1.54, 1.807) is 17.0 Å². The van der Waals surface area contributed by atoms with Crippen LogP contribution in [0.25, 0.3) is 0 Å². The lowest BCUT2D eigenvalue weighted by Gasteiger charge is -2.45. The van der Waals surface area contributed by atoms with Crippen LogP contribution in [0, 0.1) is 11.3 Å². The molecular weight excluding hydrogens is 579 g/mol. The second kappa shape index (κ2) is 13.2. The zero-order valence-electron chi connectivity index (χ0n) is 22.8. The normalized spacial score (nSPS) is 24.5. The number of carbonyl (C=O) groups is 2. The van der Waals surface area contributed by atoms with E-state index in [1.807, 2.05) is 20.0 Å². The molecule has 3 aliphatic heterocycles. The Bertz CT molecular complexity index is 1280. The smallest absolute Gasteiger partial charge is 0.332 e. The van der Waals surface area contributed by atoms with E-state index in [0.29, 0.717) is 32.5 Å². The van der Waals surface area contributed by atoms with E-state index >= 15 is 0 Å². The van der Waals surface area contributed by atoms with E-state index in [0.717, 1.165) is 34.0 Å². The lowest BCUT2D eigenvalue weighted by atomic mass is 9.76. The van der Waals surface area contributed by atoms with Crippen molar-refractivity contribution in [2.24, 2.45) is 17.4 Å². The monoisotopic (exact) mass is 618 g/mol. The number of carboxylic acids is 1. The summed E-state index contributed by atoms with van der Waals surface area (Å²) in [5, 5.41) is 18.2. The van der Waals surface area contributed by atoms with Crippen molar-refractivity contribution < 1.29 is 23.1 Å². The molecule has 0 saturated carbocycles. The van der Waals surface area contributed by atoms with Crippen molar-refractivity contribution in [3.8, 4) is 0 Å². The number of guanidine groups is 1. The van der Waals surface area contributed by atoms with Gasteiger partial charge in [0.2, 0.25) is 10.0 Å². The fourth-order valence-electron chi connectivity index (χ4n) is 5.90. The molecule has 0 radical (unpaired) electrons. The quantitative estimate of drug-likeness (QED) is 0.153. The van der Waals surface area contributed by atoms with Crippen LogP contribution in [0.4, 0.5) is 0 Å². The van der Waals surface area contributed by atoms with E-state index in [2.05, 4.69) is 4.90 Å². The van der Waals surface area contributed by atoms with Gasteiger partial charge >= 0.3 is 5.97 Å². The lowest BCUT2D eigenvalue weighted by molar-refractivity contribution is -0.158. The molecule has 0 aromatic heterocycles. The van der Waals surface area contributed by atoms with E-state index in [9.17, 15) is 23.1 Å². The summed E-state index contributed by atoms with van der Waals surface area (Å²) in [6, 6.07) is 3.68. The summed E-state index contributed by atoms with van der Waals surface area (Å²) in [5.74, 6) is -2.60. The number of aliphatic carboxylic acids is 1. The minimum Gasteiger partial charge on any atom is -0.480 e. The average Bonchev–Trinajstić information content (AvgIpc) is 2.87. The molecule has 14 heteroatoms. The first-order valence-electron chi connectivity index (χ1n) is 13.0. The van der Waals surface area contributed by atoms with Gasteiger partial charge in [0.1, 0.15) is 0 Å². The number of fused-ring (bicyclic) bond motifs is 1. The molecule has 4 rings (SSSR count). The van der Waals surface area contributed by atoms with Crippen molar-refractivity contribution in [2.75, 3.05) is 33.2 Å². The summed E-state index contributed by atoms with van der Waals surface area (Å²) in [6.07, 6.45) is 3.68. The molecule has 224 valence electrons. The van der Waals surface area contributed by atoms with Gasteiger partial charge in [-0.2, -0.15) is 4.31 Å². The number of piperidine rings is 1. The largest absolute Gasteiger partial charge is 0.480 e. The third kappa shape index (κ3) is 6.47. The van der Waals surface area contributed by atoms with Crippen molar-refractivity contribution in [1.29, 1.82) is 5.41 Å². The van der Waals surface area contributed by atoms with Gasteiger partial charge in [0.05, 0.1) is 10.9 Å². The molecule has 1 fully saturated rings. The van der Waals surface area contributed by atoms with Gasteiger partial charge in [-0.15, -0.1) is 24.8 Å². The number of sulfonamides is 1. The highest BCUT2D eigenvalue weighted by Crippen LogP contribution is 2.39. The number of hydrogen-bond acceptors (Lipinski definition) is 7. The number of rotatable bonds is 7. The molecule has 40 heavy (non-hydrogen) atoms. The topological polar surface area (TPSA) is 174 Å². The van der Waals surface area contributed by atoms with Crippen LogP contribution in [0.2, 0.25) is 0 Å². The molecular formula is C26H40Cl2N6O5S. The maximum Gasteiger partial charge on any atom is 0.332 e. The van der Waals surface area contributed by atoms with Crippen LogP contribution in [0.1, 0.15) is 43.7 Å². The van der Waals surface area contributed by atoms with Gasteiger partial charge in [-0.3, -0.25) is 10.2 Å². The summed E-state index contributed by atoms with van der Waals surface area (Å²) in [4.78, 5) is 30.6. The number of nitrogens with two attached hydrogens (primary N) is 2. The van der Waals surface area contributed by atoms with Gasteiger partial charge in [-0.25, -0.2) is 13.2 Å². The number of hydrogen-bond donors (Lipinski definition) is 4. The number of Topliss-reactive ketones (excluding diaryl/α,β-unsaturated/α-hetero) is 1. The highest BCUT2D eigenvalue weighted by molar-refractivity contribution is 7.89. The molecule has 0 aliphatic carbocycles. The molecule has 6 N–H and O–H groups in total. The van der Waals surface area contributed by atoms with Gasteiger partial charge in [0, 0.05) is 32.7 Å². The first-order valence-corrected chi connectivity index (χ1v) is 14.4. The predicted molar refractivity (Wildman–Crippen MR) is 157 cm³/mol. The molecule has 11 nitrogen and oxygen atoms in total. The number of ketones is 1. The van der Waals surface area contributed by atoms with Crippen molar-refractivity contribution in [3.63, 3.8) is 0 Å². The first kappa shape index (κ1) is 34.0. The maximum absolute atomic E-state index is 14.0. The van der Waals surface area contributed by atoms with Crippen molar-refractivity contribution in [3.05, 3.63) is 41.0 Å². The van der Waals surface area contributed by atoms with Crippen molar-refractivity contribution >= 4 is 52.5 Å². The summed E-state index contributed by atoms with van der Waals surface area (Å²) in [6.45, 7) is 4.09. The minimum atomic E-state index is -4.33. The van der Waals surface area contributed by atoms with Crippen LogP contribution in [0.3, 0.4) is 0 Å². The second-order valence-corrected chi connectivity index (χ2v) is 12.8. The van der Waals surface area contributed by atoms with Gasteiger partial charge in [0.25, 0.3) is 0 Å². The molecule has 1 unspecified atom stereocenters. The van der Waals surface area contributed by atoms with Gasteiger partial charge in [-0.1, -0.05) is 24.6 Å². The number of benzene rings is 1. The third-order valence-electron chi connectivity index (χ3n) is 8.01. The van der Waals surface area contributed by atoms with Crippen LogP contribution in [-0.4, -0.2) is 90.1 Å². The zero-order valence-corrected chi connectivity index (χ0v) is 25.3. The summed E-state index contributed by atoms with van der Waals surface area (Å²) in [5.41, 5.74) is 12.4. The Kier molecular flexibility index (Phi) is 11.2. The molecule has 3 heterocycles. The molecule has 0 amide bonds. The zero-order chi connectivity index (χ0) is 27.8. The molecule has 3 atom stereocenters. The molecule has 1 aromatic carbocycles. The standard InChI is InChI=1S/C26H38N6O5S.2ClH/c1-17-7-11-32(38(36,37)21-6-5-19-8-10-30(2)16-20(19)13-21)26(14-17,24(34)35)23(33)22(27)12-18-4-3-9-31(15-18)25(28)29;;/h4-6,13,17,22H,3,7-12,14-16,27H2,1-2H3,(H3,28,29)(H,34,35);2*1H/t17-,22?,26+;;/m1../s1. The van der Waals surface area contributed by atoms with Crippen LogP contribution < -0.4 is 11.5 Å². The summed E-state index contributed by atoms with van der Waals surface area (Å²) < 4.78 is 28.9. The number of likely N-dealkylation sites (N-methyl/N-ethyl adjacent to an activating group) is 1. The van der Waals surface area contributed by atoms with Gasteiger partial charge < -0.3 is 26.4 Å². The summed E-state index contributed by atoms with van der Waals surface area (Å²) >= 11 is 0. The molecule has 3 aliphatic rings. The Balaban J connectivity index is 0.00000280. The van der Waals surface area contributed by atoms with E-state index in [4.69, 9.17) is 16.9 Å². The number of halogens is 2. The second-order valence-electron chi connectivity index (χ2n) is 10.9. The summed E-state index contributed by atoms with van der Waals surface area (Å²) in [7, 11) is -2.37. The van der Waals surface area contributed by atoms with Crippen molar-refractivity contribution in [1.82, 2.24) is 14.1 Å². The van der Waals surface area contributed by atoms with Gasteiger partial charge in [0.15, 0.2) is 17.3 Å². The Morgan fingerprint density at radius 2 is 1.88 bits per heavy atom. The molecule has 0 bridgehead atoms. The molecule has 1 saturated heterocycles. The number of nitrogens with one attached hydrogen (secondary N) is 1. The van der Waals surface area contributed by atoms with Crippen LogP contribution in [0.5, 0.6) is 0 Å². The van der Waals surface area contributed by atoms with E-state index in [-0.39, 0.29) is 61.0 Å². The SMILES string of the molecule is C[C@@H]1CCN(S(=O)(=O)c2ccc3c(c2)CN(C)CC3)[C@](C(=O)O)(C(=O)C(N)CC2=CCCN(C(=N)N)C2)C1.Cl.Cl. The Morgan fingerprint density at radius 1 is 1.18 bits per heavy atom. The number of carbonyl (C=O) groups excluding carboxylic acids is 1. The van der Waals surface area contributed by atoms with E-state index in [1.165, 1.54) is 6.07 Å². The van der Waals surface area contributed by atoms with E-state index < -0.39 is 33.4 Å². The van der Waals surface area contributed by atoms with Gasteiger partial charge in [-0.05, 0) is 68.3 Å². The molecule has 1 aromatic rings. The first-order chi connectivity index (χ1) is 17.9. The Labute approximate surface area is 248 Å². The van der Waals surface area contributed by atoms with Crippen LogP contribution >= 0.6 is 24.8 Å². The maximum atomic E-state index is 14.0. The predicted octanol–water partition coefficient (Wildman–Crippen LogP) is 1.57. The molecule has 0 spiro atoms. The number of nitrogens with zero attached hydrogens (tertiary/aromatic N) is 3. The Hall–Kier alpha value is -2.22. The van der Waals surface area contributed by atoms with Crippen LogP contribution in [-0.2, 0) is 32.6 Å². The highest BCUT2D eigenvalue weighted by Gasteiger charge is 2.59. The lowest BCUT2D eigenvalue weighted by Crippen LogP contribution is -2.68. The number of carboxylic acid groups (broad SMARTS) is 1.